The summed E-state index contributed by atoms with van der Waals surface area (Å²) in [5.74, 6) is -1.09. The molecule has 1 aliphatic carbocycles. The van der Waals surface area contributed by atoms with Gasteiger partial charge in [-0.3, -0.25) is 10.1 Å². The Bertz CT molecular complexity index is 527. The Morgan fingerprint density at radius 3 is 2.75 bits per heavy atom. The summed E-state index contributed by atoms with van der Waals surface area (Å²) in [5.41, 5.74) is 0.334. The number of hydrogen-bond donors (Lipinski definition) is 1. The summed E-state index contributed by atoms with van der Waals surface area (Å²) in [5, 5.41) is 20.2. The van der Waals surface area contributed by atoms with Gasteiger partial charge in [0.05, 0.1) is 17.1 Å². The van der Waals surface area contributed by atoms with Gasteiger partial charge in [0, 0.05) is 25.8 Å². The predicted molar refractivity (Wildman–Crippen MR) is 72.3 cm³/mol. The maximum absolute atomic E-state index is 11.1. The van der Waals surface area contributed by atoms with Crippen molar-refractivity contribution in [1.82, 2.24) is 0 Å². The lowest BCUT2D eigenvalue weighted by Gasteiger charge is -2.24. The van der Waals surface area contributed by atoms with Gasteiger partial charge in [-0.15, -0.1) is 0 Å². The van der Waals surface area contributed by atoms with Crippen LogP contribution in [0.25, 0.3) is 0 Å². The van der Waals surface area contributed by atoms with Crippen LogP contribution >= 0.6 is 0 Å². The van der Waals surface area contributed by atoms with Gasteiger partial charge in [0.25, 0.3) is 5.69 Å². The van der Waals surface area contributed by atoms with Crippen LogP contribution in [0.2, 0.25) is 0 Å². The first-order valence-electron chi connectivity index (χ1n) is 6.32. The second-order valence-electron chi connectivity index (χ2n) is 4.68. The zero-order valence-corrected chi connectivity index (χ0v) is 11.1. The molecule has 0 spiro atoms. The number of anilines is 1. The Hall–Kier alpha value is -2.15. The Kier molecular flexibility index (Phi) is 4.19. The summed E-state index contributed by atoms with van der Waals surface area (Å²) in [4.78, 5) is 23.6. The second kappa shape index (κ2) is 5.87. The number of rotatable bonds is 7. The number of nitro groups is 1. The van der Waals surface area contributed by atoms with Crippen LogP contribution in [0.15, 0.2) is 18.2 Å². The molecule has 0 radical (unpaired) electrons. The lowest BCUT2D eigenvalue weighted by molar-refractivity contribution is -0.384. The molecule has 108 valence electrons. The Morgan fingerprint density at radius 1 is 1.55 bits per heavy atom. The predicted octanol–water partition coefficient (Wildman–Crippen LogP) is 1.91. The van der Waals surface area contributed by atoms with Crippen molar-refractivity contribution in [3.8, 4) is 0 Å². The SMILES string of the molecule is COCCN(c1cc(C(=O)O)ccc1[N+](=O)[O-])C1CC1. The highest BCUT2D eigenvalue weighted by Crippen LogP contribution is 2.37. The minimum absolute atomic E-state index is 0.0497. The highest BCUT2D eigenvalue weighted by Gasteiger charge is 2.33. The van der Waals surface area contributed by atoms with E-state index in [4.69, 9.17) is 9.84 Å². The molecule has 1 N–H and O–H groups in total. The van der Waals surface area contributed by atoms with Crippen LogP contribution in [0, 0.1) is 10.1 Å². The van der Waals surface area contributed by atoms with Gasteiger partial charge >= 0.3 is 5.97 Å². The molecule has 1 aromatic rings. The average molecular weight is 280 g/mol. The Balaban J connectivity index is 2.40. The topological polar surface area (TPSA) is 92.9 Å². The maximum Gasteiger partial charge on any atom is 0.335 e. The van der Waals surface area contributed by atoms with Gasteiger partial charge in [-0.1, -0.05) is 0 Å². The molecule has 1 aromatic carbocycles. The third-order valence-electron chi connectivity index (χ3n) is 3.25. The van der Waals surface area contributed by atoms with Crippen molar-refractivity contribution in [1.29, 1.82) is 0 Å². The van der Waals surface area contributed by atoms with E-state index in [1.54, 1.807) is 7.11 Å². The number of carboxylic acids is 1. The molecule has 0 aromatic heterocycles. The van der Waals surface area contributed by atoms with Crippen molar-refractivity contribution >= 4 is 17.3 Å². The van der Waals surface area contributed by atoms with E-state index >= 15 is 0 Å². The summed E-state index contributed by atoms with van der Waals surface area (Å²) >= 11 is 0. The van der Waals surface area contributed by atoms with Crippen LogP contribution in [0.4, 0.5) is 11.4 Å². The molecule has 0 saturated heterocycles. The minimum Gasteiger partial charge on any atom is -0.478 e. The van der Waals surface area contributed by atoms with Crippen molar-refractivity contribution in [3.63, 3.8) is 0 Å². The fourth-order valence-electron chi connectivity index (χ4n) is 2.12. The number of carboxylic acid groups (broad SMARTS) is 1. The van der Waals surface area contributed by atoms with Gasteiger partial charge in [0.2, 0.25) is 0 Å². The fourth-order valence-corrected chi connectivity index (χ4v) is 2.12. The van der Waals surface area contributed by atoms with Crippen molar-refractivity contribution in [2.24, 2.45) is 0 Å². The molecular formula is C13H16N2O5. The van der Waals surface area contributed by atoms with E-state index < -0.39 is 10.9 Å². The minimum atomic E-state index is -1.09. The van der Waals surface area contributed by atoms with Crippen LogP contribution in [-0.4, -0.2) is 42.3 Å². The largest absolute Gasteiger partial charge is 0.478 e. The number of aromatic carboxylic acids is 1. The third kappa shape index (κ3) is 3.05. The molecule has 0 heterocycles. The molecular weight excluding hydrogens is 264 g/mol. The summed E-state index contributed by atoms with van der Waals surface area (Å²) in [6.45, 7) is 0.941. The van der Waals surface area contributed by atoms with Crippen LogP contribution in [-0.2, 0) is 4.74 Å². The monoisotopic (exact) mass is 280 g/mol. The van der Waals surface area contributed by atoms with Crippen LogP contribution in [0.1, 0.15) is 23.2 Å². The number of nitro benzene ring substituents is 1. The van der Waals surface area contributed by atoms with Crippen LogP contribution in [0.3, 0.4) is 0 Å². The third-order valence-corrected chi connectivity index (χ3v) is 3.25. The maximum atomic E-state index is 11.1. The normalized spacial score (nSPS) is 14.1. The number of methoxy groups -OCH3 is 1. The Labute approximate surface area is 115 Å². The number of nitrogens with zero attached hydrogens (tertiary/aromatic N) is 2. The van der Waals surface area contributed by atoms with Crippen molar-refractivity contribution < 1.29 is 19.6 Å². The smallest absolute Gasteiger partial charge is 0.335 e. The highest BCUT2D eigenvalue weighted by molar-refractivity contribution is 5.90. The standard InChI is InChI=1S/C13H16N2O5/c1-20-7-6-14(10-3-4-10)12-8-9(13(16)17)2-5-11(12)15(18)19/h2,5,8,10H,3-4,6-7H2,1H3,(H,16,17). The first kappa shape index (κ1) is 14.3. The first-order valence-corrected chi connectivity index (χ1v) is 6.32. The van der Waals surface area contributed by atoms with E-state index in [1.807, 2.05) is 4.90 Å². The molecule has 7 nitrogen and oxygen atoms in total. The van der Waals surface area contributed by atoms with Crippen molar-refractivity contribution in [3.05, 3.63) is 33.9 Å². The zero-order chi connectivity index (χ0) is 14.7. The molecule has 0 unspecified atom stereocenters. The lowest BCUT2D eigenvalue weighted by Crippen LogP contribution is -2.30. The van der Waals surface area contributed by atoms with Gasteiger partial charge in [0.1, 0.15) is 5.69 Å². The summed E-state index contributed by atoms with van der Waals surface area (Å²) in [7, 11) is 1.56. The van der Waals surface area contributed by atoms with Gasteiger partial charge in [0.15, 0.2) is 0 Å². The number of ether oxygens (including phenoxy) is 1. The average Bonchev–Trinajstić information content (AvgIpc) is 3.23. The molecule has 1 fully saturated rings. The Morgan fingerprint density at radius 2 is 2.25 bits per heavy atom. The fraction of sp³-hybridized carbons (Fsp3) is 0.462. The number of hydrogen-bond acceptors (Lipinski definition) is 5. The molecule has 20 heavy (non-hydrogen) atoms. The van der Waals surface area contributed by atoms with Gasteiger partial charge in [-0.05, 0) is 25.0 Å². The second-order valence-corrected chi connectivity index (χ2v) is 4.68. The molecule has 1 aliphatic rings. The van der Waals surface area contributed by atoms with Crippen LogP contribution in [0.5, 0.6) is 0 Å². The lowest BCUT2D eigenvalue weighted by atomic mass is 10.1. The van der Waals surface area contributed by atoms with E-state index in [9.17, 15) is 14.9 Å². The number of benzene rings is 1. The molecule has 0 bridgehead atoms. The first-order chi connectivity index (χ1) is 9.54. The van der Waals surface area contributed by atoms with Crippen LogP contribution < -0.4 is 4.90 Å². The van der Waals surface area contributed by atoms with E-state index in [1.165, 1.54) is 18.2 Å². The quantitative estimate of drug-likeness (QED) is 0.605. The molecule has 0 amide bonds. The van der Waals surface area contributed by atoms with Gasteiger partial charge < -0.3 is 14.7 Å². The van der Waals surface area contributed by atoms with Gasteiger partial charge in [-0.2, -0.15) is 0 Å². The molecule has 0 atom stereocenters. The summed E-state index contributed by atoms with van der Waals surface area (Å²) in [6.07, 6.45) is 1.91. The van der Waals surface area contributed by atoms with Crippen molar-refractivity contribution in [2.45, 2.75) is 18.9 Å². The zero-order valence-electron chi connectivity index (χ0n) is 11.1. The molecule has 1 saturated carbocycles. The highest BCUT2D eigenvalue weighted by atomic mass is 16.6. The van der Waals surface area contributed by atoms with E-state index in [-0.39, 0.29) is 17.3 Å². The summed E-state index contributed by atoms with van der Waals surface area (Å²) < 4.78 is 5.02. The molecule has 7 heteroatoms. The van der Waals surface area contributed by atoms with E-state index in [2.05, 4.69) is 0 Å². The number of carbonyl (C=O) groups is 1. The molecule has 0 aliphatic heterocycles. The van der Waals surface area contributed by atoms with Gasteiger partial charge in [-0.25, -0.2) is 4.79 Å². The van der Waals surface area contributed by atoms with E-state index in [0.717, 1.165) is 12.8 Å². The summed E-state index contributed by atoms with van der Waals surface area (Å²) in [6, 6.07) is 4.11. The van der Waals surface area contributed by atoms with E-state index in [0.29, 0.717) is 18.8 Å². The molecule has 2 rings (SSSR count). The van der Waals surface area contributed by atoms with Crippen molar-refractivity contribution in [2.75, 3.05) is 25.2 Å².